The molecule has 0 atom stereocenters. The minimum atomic E-state index is 0.778. The molecule has 5 aromatic rings. The number of hydrogen-bond acceptors (Lipinski definition) is 4. The quantitative estimate of drug-likeness (QED) is 0.391. The number of aromatic nitrogens is 3. The highest BCUT2D eigenvalue weighted by molar-refractivity contribution is 6.14. The van der Waals surface area contributed by atoms with E-state index in [4.69, 9.17) is 14.2 Å². The average Bonchev–Trinajstić information content (AvgIpc) is 3.31. The van der Waals surface area contributed by atoms with E-state index in [9.17, 15) is 0 Å². The Kier molecular flexibility index (Phi) is 4.31. The van der Waals surface area contributed by atoms with Gasteiger partial charge in [0.1, 0.15) is 11.5 Å². The summed E-state index contributed by atoms with van der Waals surface area (Å²) >= 11 is 0. The Balaban J connectivity index is 1.84. The lowest BCUT2D eigenvalue weighted by Crippen LogP contribution is -1.92. The van der Waals surface area contributed by atoms with E-state index in [1.165, 1.54) is 11.1 Å². The van der Waals surface area contributed by atoms with Crippen molar-refractivity contribution in [1.82, 2.24) is 15.1 Å². The van der Waals surface area contributed by atoms with Gasteiger partial charge in [-0.05, 0) is 44.0 Å². The van der Waals surface area contributed by atoms with Crippen LogP contribution in [-0.2, 0) is 6.42 Å². The molecule has 1 N–H and O–H groups in total. The first-order valence-electron chi connectivity index (χ1n) is 10.1. The van der Waals surface area contributed by atoms with Gasteiger partial charge in [0.25, 0.3) is 0 Å². The number of H-pyrrole nitrogens is 1. The maximum Gasteiger partial charge on any atom is 0.141 e. The third-order valence-electron chi connectivity index (χ3n) is 5.79. The number of aryl methyl sites for hydroxylation is 3. The van der Waals surface area contributed by atoms with Crippen LogP contribution >= 0.6 is 0 Å². The summed E-state index contributed by atoms with van der Waals surface area (Å²) in [4.78, 5) is 8.35. The topological polar surface area (TPSA) is 63.9 Å². The molecule has 150 valence electrons. The summed E-state index contributed by atoms with van der Waals surface area (Å²) in [6.07, 6.45) is 2.82. The first kappa shape index (κ1) is 18.4. The van der Waals surface area contributed by atoms with E-state index in [0.29, 0.717) is 0 Å². The van der Waals surface area contributed by atoms with Crippen LogP contribution < -0.4 is 4.74 Å². The summed E-state index contributed by atoms with van der Waals surface area (Å²) in [6, 6.07) is 14.7. The molecule has 0 saturated carbocycles. The number of pyridine rings is 1. The maximum atomic E-state index is 5.79. The highest BCUT2D eigenvalue weighted by atomic mass is 16.5. The molecule has 3 heterocycles. The van der Waals surface area contributed by atoms with E-state index in [2.05, 4.69) is 53.5 Å². The van der Waals surface area contributed by atoms with Crippen LogP contribution in [0.15, 0.2) is 53.2 Å². The zero-order valence-electron chi connectivity index (χ0n) is 17.5. The smallest absolute Gasteiger partial charge is 0.141 e. The second kappa shape index (κ2) is 7.02. The molecule has 0 aliphatic heterocycles. The van der Waals surface area contributed by atoms with Gasteiger partial charge in [-0.3, -0.25) is 4.98 Å². The number of methoxy groups -OCH3 is 1. The van der Waals surface area contributed by atoms with Crippen molar-refractivity contribution in [2.45, 2.75) is 27.2 Å². The zero-order chi connectivity index (χ0) is 20.8. The first-order chi connectivity index (χ1) is 14.6. The lowest BCUT2D eigenvalue weighted by Gasteiger charge is -2.10. The first-order valence-corrected chi connectivity index (χ1v) is 10.1. The van der Waals surface area contributed by atoms with E-state index in [0.717, 1.165) is 62.3 Å². The van der Waals surface area contributed by atoms with Crippen molar-refractivity contribution in [1.29, 1.82) is 0 Å². The van der Waals surface area contributed by atoms with Gasteiger partial charge in [-0.25, -0.2) is 0 Å². The Morgan fingerprint density at radius 3 is 2.60 bits per heavy atom. The van der Waals surface area contributed by atoms with Crippen LogP contribution in [0.1, 0.15) is 23.9 Å². The zero-order valence-corrected chi connectivity index (χ0v) is 17.5. The molecule has 5 rings (SSSR count). The molecular formula is C25H23N3O2. The number of benzene rings is 2. The molecule has 0 radical (unpaired) electrons. The van der Waals surface area contributed by atoms with E-state index < -0.39 is 0 Å². The summed E-state index contributed by atoms with van der Waals surface area (Å²) in [5, 5.41) is 6.31. The predicted octanol–water partition coefficient (Wildman–Crippen LogP) is 6.23. The van der Waals surface area contributed by atoms with Crippen LogP contribution in [0.5, 0.6) is 5.75 Å². The van der Waals surface area contributed by atoms with Crippen LogP contribution in [0.3, 0.4) is 0 Å². The largest absolute Gasteiger partial charge is 0.496 e. The number of hydrogen-bond donors (Lipinski definition) is 1. The molecule has 0 amide bonds. The molecule has 0 saturated heterocycles. The van der Waals surface area contributed by atoms with Crippen LogP contribution in [0.4, 0.5) is 0 Å². The van der Waals surface area contributed by atoms with Crippen LogP contribution in [0.25, 0.3) is 44.2 Å². The summed E-state index contributed by atoms with van der Waals surface area (Å²) in [5.74, 6) is 1.57. The molecule has 0 aliphatic rings. The number of fused-ring (bicyclic) bond motifs is 3. The lowest BCUT2D eigenvalue weighted by molar-refractivity contribution is 0.393. The number of nitrogens with zero attached hydrogens (tertiary/aromatic N) is 2. The molecule has 5 nitrogen and oxygen atoms in total. The normalized spacial score (nSPS) is 11.5. The number of rotatable bonds is 4. The van der Waals surface area contributed by atoms with Gasteiger partial charge in [-0.15, -0.1) is 0 Å². The fourth-order valence-corrected chi connectivity index (χ4v) is 4.37. The highest BCUT2D eigenvalue weighted by Crippen LogP contribution is 2.41. The molecular weight excluding hydrogens is 374 g/mol. The van der Waals surface area contributed by atoms with Crippen molar-refractivity contribution in [3.8, 4) is 28.1 Å². The Hall–Kier alpha value is -3.60. The summed E-state index contributed by atoms with van der Waals surface area (Å²) in [5.41, 5.74) is 8.32. The predicted molar refractivity (Wildman–Crippen MR) is 120 cm³/mol. The maximum absolute atomic E-state index is 5.79. The van der Waals surface area contributed by atoms with Gasteiger partial charge >= 0.3 is 0 Å². The van der Waals surface area contributed by atoms with Crippen LogP contribution in [0.2, 0.25) is 0 Å². The van der Waals surface area contributed by atoms with Crippen molar-refractivity contribution in [3.63, 3.8) is 0 Å². The summed E-state index contributed by atoms with van der Waals surface area (Å²) in [6.45, 7) is 6.05. The van der Waals surface area contributed by atoms with Gasteiger partial charge in [0.2, 0.25) is 0 Å². The molecule has 0 aliphatic carbocycles. The van der Waals surface area contributed by atoms with E-state index in [1.807, 2.05) is 26.1 Å². The van der Waals surface area contributed by atoms with Gasteiger partial charge in [0.05, 0.1) is 29.6 Å². The van der Waals surface area contributed by atoms with Gasteiger partial charge in [0, 0.05) is 33.6 Å². The fraction of sp³-hybridized carbons (Fsp3) is 0.200. The molecule has 30 heavy (non-hydrogen) atoms. The Morgan fingerprint density at radius 2 is 1.87 bits per heavy atom. The Bertz CT molecular complexity index is 1380. The van der Waals surface area contributed by atoms with Gasteiger partial charge in [0.15, 0.2) is 0 Å². The van der Waals surface area contributed by atoms with Crippen LogP contribution in [0, 0.1) is 13.8 Å². The third-order valence-corrected chi connectivity index (χ3v) is 5.79. The van der Waals surface area contributed by atoms with E-state index in [-0.39, 0.29) is 0 Å². The minimum Gasteiger partial charge on any atom is -0.496 e. The number of ether oxygens (including phenoxy) is 1. The monoisotopic (exact) mass is 397 g/mol. The SMILES string of the molecule is CCc1ccccc1-c1nccc2[nH]c3cc(-c4c(C)noc4C)c(OC)cc3c12. The average molecular weight is 397 g/mol. The van der Waals surface area contributed by atoms with Gasteiger partial charge in [-0.2, -0.15) is 0 Å². The van der Waals surface area contributed by atoms with Crippen LogP contribution in [-0.4, -0.2) is 22.2 Å². The lowest BCUT2D eigenvalue weighted by atomic mass is 9.97. The Labute approximate surface area is 174 Å². The van der Waals surface area contributed by atoms with Crippen molar-refractivity contribution in [2.24, 2.45) is 0 Å². The number of aromatic amines is 1. The van der Waals surface area contributed by atoms with Crippen molar-refractivity contribution in [2.75, 3.05) is 7.11 Å². The number of nitrogens with one attached hydrogen (secondary N) is 1. The Morgan fingerprint density at radius 1 is 1.03 bits per heavy atom. The van der Waals surface area contributed by atoms with E-state index >= 15 is 0 Å². The molecule has 0 spiro atoms. The van der Waals surface area contributed by atoms with Crippen molar-refractivity contribution >= 4 is 21.8 Å². The summed E-state index contributed by atoms with van der Waals surface area (Å²) < 4.78 is 11.2. The van der Waals surface area contributed by atoms with Crippen molar-refractivity contribution in [3.05, 3.63) is 65.7 Å². The standard InChI is InChI=1S/C25H23N3O2/c1-5-16-8-6-7-9-17(16)25-24-18-13-22(29-4)19(23-14(2)28-30-15(23)3)12-21(18)27-20(24)10-11-26-25/h6-13,27H,5H2,1-4H3. The molecule has 0 unspecified atom stereocenters. The highest BCUT2D eigenvalue weighted by Gasteiger charge is 2.20. The summed E-state index contributed by atoms with van der Waals surface area (Å²) in [7, 11) is 1.70. The molecule has 3 aromatic heterocycles. The minimum absolute atomic E-state index is 0.778. The second-order valence-electron chi connectivity index (χ2n) is 7.52. The fourth-order valence-electron chi connectivity index (χ4n) is 4.37. The third kappa shape index (κ3) is 2.70. The van der Waals surface area contributed by atoms with Gasteiger partial charge in [-0.1, -0.05) is 36.3 Å². The van der Waals surface area contributed by atoms with Crippen molar-refractivity contribution < 1.29 is 9.26 Å². The van der Waals surface area contributed by atoms with E-state index in [1.54, 1.807) is 7.11 Å². The second-order valence-corrected chi connectivity index (χ2v) is 7.52. The molecule has 0 fully saturated rings. The molecule has 0 bridgehead atoms. The van der Waals surface area contributed by atoms with Gasteiger partial charge < -0.3 is 14.2 Å². The molecule has 2 aromatic carbocycles. The molecule has 5 heteroatoms.